The van der Waals surface area contributed by atoms with Crippen LogP contribution >= 0.6 is 15.9 Å². The molecule has 3 aromatic carbocycles. The van der Waals surface area contributed by atoms with Gasteiger partial charge in [-0.2, -0.15) is 0 Å². The van der Waals surface area contributed by atoms with Crippen molar-refractivity contribution in [3.8, 4) is 5.75 Å². The molecule has 2 amide bonds. The van der Waals surface area contributed by atoms with Crippen LogP contribution in [0.4, 0.5) is 0 Å². The van der Waals surface area contributed by atoms with Crippen molar-refractivity contribution >= 4 is 27.7 Å². The number of rotatable bonds is 12. The molecule has 0 spiro atoms. The van der Waals surface area contributed by atoms with Gasteiger partial charge in [-0.05, 0) is 71.4 Å². The van der Waals surface area contributed by atoms with E-state index in [1.807, 2.05) is 93.6 Å². The van der Waals surface area contributed by atoms with E-state index in [1.54, 1.807) is 4.90 Å². The van der Waals surface area contributed by atoms with Crippen molar-refractivity contribution in [1.29, 1.82) is 0 Å². The number of nitrogens with one attached hydrogen (secondary N) is 1. The molecule has 196 valence electrons. The Labute approximate surface area is 229 Å². The maximum atomic E-state index is 13.7. The first-order chi connectivity index (χ1) is 17.8. The van der Waals surface area contributed by atoms with Crippen LogP contribution < -0.4 is 10.1 Å². The van der Waals surface area contributed by atoms with E-state index in [0.29, 0.717) is 18.7 Å². The minimum atomic E-state index is -0.681. The third-order valence-electron chi connectivity index (χ3n) is 6.50. The predicted molar refractivity (Wildman–Crippen MR) is 153 cm³/mol. The highest BCUT2D eigenvalue weighted by atomic mass is 79.9. The Morgan fingerprint density at radius 1 is 0.946 bits per heavy atom. The molecule has 6 heteroatoms. The predicted octanol–water partition coefficient (Wildman–Crippen LogP) is 6.25. The summed E-state index contributed by atoms with van der Waals surface area (Å²) in [5, 5.41) is 3.09. The zero-order valence-electron chi connectivity index (χ0n) is 22.2. The molecule has 0 saturated heterocycles. The SMILES string of the molecule is CCc1ccc(OCC(=O)N(Cc2ccc(C)cc2)[C@@H](Cc2ccccc2)C(=O)N[C@H](C)CC)c(Br)c1. The lowest BCUT2D eigenvalue weighted by Crippen LogP contribution is -2.53. The van der Waals surface area contributed by atoms with E-state index >= 15 is 0 Å². The van der Waals surface area contributed by atoms with Crippen LogP contribution in [0.2, 0.25) is 0 Å². The fourth-order valence-electron chi connectivity index (χ4n) is 3.99. The van der Waals surface area contributed by atoms with Crippen molar-refractivity contribution in [2.75, 3.05) is 6.61 Å². The molecule has 0 aliphatic heterocycles. The molecule has 3 aromatic rings. The van der Waals surface area contributed by atoms with Gasteiger partial charge < -0.3 is 15.0 Å². The highest BCUT2D eigenvalue weighted by Gasteiger charge is 2.31. The minimum Gasteiger partial charge on any atom is -0.483 e. The molecule has 0 radical (unpaired) electrons. The van der Waals surface area contributed by atoms with E-state index in [1.165, 1.54) is 5.56 Å². The van der Waals surface area contributed by atoms with Crippen LogP contribution in [0, 0.1) is 6.92 Å². The molecule has 0 heterocycles. The molecule has 0 aromatic heterocycles. The van der Waals surface area contributed by atoms with Gasteiger partial charge in [0.05, 0.1) is 4.47 Å². The van der Waals surface area contributed by atoms with Gasteiger partial charge in [-0.1, -0.05) is 80.1 Å². The first-order valence-corrected chi connectivity index (χ1v) is 13.7. The summed E-state index contributed by atoms with van der Waals surface area (Å²) >= 11 is 3.55. The number of nitrogens with zero attached hydrogens (tertiary/aromatic N) is 1. The summed E-state index contributed by atoms with van der Waals surface area (Å²) in [6, 6.07) is 23.1. The topological polar surface area (TPSA) is 58.6 Å². The Morgan fingerprint density at radius 2 is 1.62 bits per heavy atom. The van der Waals surface area contributed by atoms with Gasteiger partial charge in [0.2, 0.25) is 5.91 Å². The molecule has 0 saturated carbocycles. The maximum Gasteiger partial charge on any atom is 0.261 e. The Hall–Kier alpha value is -3.12. The van der Waals surface area contributed by atoms with E-state index < -0.39 is 6.04 Å². The summed E-state index contributed by atoms with van der Waals surface area (Å²) in [7, 11) is 0. The highest BCUT2D eigenvalue weighted by Crippen LogP contribution is 2.26. The molecule has 0 unspecified atom stereocenters. The molecule has 37 heavy (non-hydrogen) atoms. The largest absolute Gasteiger partial charge is 0.483 e. The average Bonchev–Trinajstić information content (AvgIpc) is 2.91. The van der Waals surface area contributed by atoms with Crippen molar-refractivity contribution < 1.29 is 14.3 Å². The monoisotopic (exact) mass is 564 g/mol. The normalized spacial score (nSPS) is 12.5. The fraction of sp³-hybridized carbons (Fsp3) is 0.355. The second-order valence-electron chi connectivity index (χ2n) is 9.44. The van der Waals surface area contributed by atoms with Gasteiger partial charge in [-0.3, -0.25) is 9.59 Å². The molecule has 0 aliphatic rings. The number of carbonyl (C=O) groups excluding carboxylic acids is 2. The van der Waals surface area contributed by atoms with E-state index in [4.69, 9.17) is 4.74 Å². The lowest BCUT2D eigenvalue weighted by Gasteiger charge is -2.32. The molecule has 5 nitrogen and oxygen atoms in total. The van der Waals surface area contributed by atoms with Crippen LogP contribution in [0.3, 0.4) is 0 Å². The number of ether oxygens (including phenoxy) is 1. The van der Waals surface area contributed by atoms with Crippen molar-refractivity contribution in [1.82, 2.24) is 10.2 Å². The van der Waals surface area contributed by atoms with E-state index in [9.17, 15) is 9.59 Å². The van der Waals surface area contributed by atoms with Crippen LogP contribution in [-0.2, 0) is 29.0 Å². The summed E-state index contributed by atoms with van der Waals surface area (Å²) in [6.45, 7) is 8.26. The first kappa shape index (κ1) is 28.5. The van der Waals surface area contributed by atoms with Gasteiger partial charge in [-0.25, -0.2) is 0 Å². The lowest BCUT2D eigenvalue weighted by atomic mass is 10.0. The van der Waals surface area contributed by atoms with Crippen molar-refractivity contribution in [2.45, 2.75) is 65.6 Å². The molecule has 0 aliphatic carbocycles. The van der Waals surface area contributed by atoms with Crippen molar-refractivity contribution in [3.05, 3.63) is 99.5 Å². The smallest absolute Gasteiger partial charge is 0.261 e. The Balaban J connectivity index is 1.91. The number of amides is 2. The molecular weight excluding hydrogens is 528 g/mol. The van der Waals surface area contributed by atoms with Gasteiger partial charge in [0, 0.05) is 19.0 Å². The second kappa shape index (κ2) is 14.0. The van der Waals surface area contributed by atoms with Crippen LogP contribution in [0.1, 0.15) is 49.4 Å². The van der Waals surface area contributed by atoms with E-state index in [0.717, 1.165) is 34.0 Å². The third-order valence-corrected chi connectivity index (χ3v) is 7.12. The molecular formula is C31H37BrN2O3. The number of carbonyl (C=O) groups is 2. The third kappa shape index (κ3) is 8.46. The van der Waals surface area contributed by atoms with Gasteiger partial charge in [0.1, 0.15) is 11.8 Å². The summed E-state index contributed by atoms with van der Waals surface area (Å²) in [5.74, 6) is 0.198. The number of aryl methyl sites for hydroxylation is 2. The standard InChI is InChI=1S/C31H37BrN2O3/c1-5-23(4)33-31(36)28(19-25-10-8-7-9-11-25)34(20-26-14-12-22(3)13-15-26)30(35)21-37-29-17-16-24(6-2)18-27(29)32/h7-18,23,28H,5-6,19-21H2,1-4H3,(H,33,36)/t23-,28+/m1/s1. The summed E-state index contributed by atoms with van der Waals surface area (Å²) in [4.78, 5) is 28.9. The molecule has 2 atom stereocenters. The Bertz CT molecular complexity index is 1160. The Morgan fingerprint density at radius 3 is 2.24 bits per heavy atom. The van der Waals surface area contributed by atoms with Crippen molar-refractivity contribution in [2.24, 2.45) is 0 Å². The van der Waals surface area contributed by atoms with Gasteiger partial charge >= 0.3 is 0 Å². The summed E-state index contributed by atoms with van der Waals surface area (Å²) in [6.07, 6.45) is 2.13. The van der Waals surface area contributed by atoms with Crippen LogP contribution in [0.15, 0.2) is 77.3 Å². The molecule has 1 N–H and O–H groups in total. The fourth-order valence-corrected chi connectivity index (χ4v) is 4.53. The first-order valence-electron chi connectivity index (χ1n) is 12.9. The van der Waals surface area contributed by atoms with E-state index in [-0.39, 0.29) is 24.5 Å². The zero-order chi connectivity index (χ0) is 26.8. The lowest BCUT2D eigenvalue weighted by molar-refractivity contribution is -0.143. The van der Waals surface area contributed by atoms with E-state index in [2.05, 4.69) is 28.2 Å². The van der Waals surface area contributed by atoms with Crippen LogP contribution in [0.5, 0.6) is 5.75 Å². The zero-order valence-corrected chi connectivity index (χ0v) is 23.8. The minimum absolute atomic E-state index is 0.00591. The molecule has 0 fully saturated rings. The van der Waals surface area contributed by atoms with Gasteiger partial charge in [0.25, 0.3) is 5.91 Å². The maximum absolute atomic E-state index is 13.7. The quantitative estimate of drug-likeness (QED) is 0.282. The number of halogens is 1. The van der Waals surface area contributed by atoms with Crippen LogP contribution in [0.25, 0.3) is 0 Å². The Kier molecular flexibility index (Phi) is 10.8. The average molecular weight is 566 g/mol. The summed E-state index contributed by atoms with van der Waals surface area (Å²) in [5.41, 5.74) is 4.27. The number of hydrogen-bond acceptors (Lipinski definition) is 3. The molecule has 3 rings (SSSR count). The number of hydrogen-bond donors (Lipinski definition) is 1. The summed E-state index contributed by atoms with van der Waals surface area (Å²) < 4.78 is 6.75. The highest BCUT2D eigenvalue weighted by molar-refractivity contribution is 9.10. The van der Waals surface area contributed by atoms with Crippen LogP contribution in [-0.4, -0.2) is 35.4 Å². The second-order valence-corrected chi connectivity index (χ2v) is 10.3. The molecule has 0 bridgehead atoms. The van der Waals surface area contributed by atoms with Gasteiger partial charge in [0.15, 0.2) is 6.61 Å². The number of benzene rings is 3. The van der Waals surface area contributed by atoms with Crippen molar-refractivity contribution in [3.63, 3.8) is 0 Å². The van der Waals surface area contributed by atoms with Gasteiger partial charge in [-0.15, -0.1) is 0 Å².